The van der Waals surface area contributed by atoms with Crippen molar-refractivity contribution >= 4 is 47.5 Å². The van der Waals surface area contributed by atoms with E-state index in [1.54, 1.807) is 0 Å². The van der Waals surface area contributed by atoms with Gasteiger partial charge in [-0.1, -0.05) is 0 Å². The molecule has 3 nitrogen and oxygen atoms in total. The van der Waals surface area contributed by atoms with E-state index in [2.05, 4.69) is 35.8 Å². The maximum absolute atomic E-state index is 13.1. The number of rotatable bonds is 14. The summed E-state index contributed by atoms with van der Waals surface area (Å²) in [5.41, 5.74) is 1.11. The molecule has 2 saturated heterocycles. The van der Waals surface area contributed by atoms with Crippen LogP contribution in [0.3, 0.4) is 0 Å². The van der Waals surface area contributed by atoms with Crippen molar-refractivity contribution in [2.24, 2.45) is 5.92 Å². The molecule has 0 radical (unpaired) electrons. The number of carbonyl (C=O) groups is 1. The number of ether oxygens (including phenoxy) is 1. The van der Waals surface area contributed by atoms with Crippen LogP contribution in [0.25, 0.3) is 0 Å². The molecule has 2 fully saturated rings. The second-order valence-corrected chi connectivity index (χ2v) is 25.0. The van der Waals surface area contributed by atoms with Crippen LogP contribution >= 0.6 is 23.2 Å². The molecule has 3 rings (SSSR count). The number of carbonyl (C=O) groups excluding carboxylic acids is 1. The molecule has 4 atom stereocenters. The number of fused-ring (bicyclic) bond motifs is 2. The molecule has 36 heavy (non-hydrogen) atoms. The van der Waals surface area contributed by atoms with E-state index < -0.39 is 18.4 Å². The number of esters is 1. The first-order valence-electron chi connectivity index (χ1n) is 14.4. The Labute approximate surface area is 234 Å². The van der Waals surface area contributed by atoms with Crippen molar-refractivity contribution in [1.29, 1.82) is 0 Å². The van der Waals surface area contributed by atoms with E-state index in [0.29, 0.717) is 16.1 Å². The van der Waals surface area contributed by atoms with Gasteiger partial charge in [-0.2, -0.15) is 0 Å². The molecular weight excluding hydrogens is 596 g/mol. The topological polar surface area (TPSA) is 29.5 Å². The van der Waals surface area contributed by atoms with E-state index >= 15 is 0 Å². The van der Waals surface area contributed by atoms with E-state index in [1.807, 2.05) is 18.2 Å². The molecule has 0 aromatic heterocycles. The average Bonchev–Trinajstić information content (AvgIpc) is 3.16. The van der Waals surface area contributed by atoms with E-state index in [9.17, 15) is 4.79 Å². The first kappa shape index (κ1) is 30.3. The molecule has 0 amide bonds. The first-order chi connectivity index (χ1) is 17.4. The van der Waals surface area contributed by atoms with Crippen LogP contribution in [0.5, 0.6) is 0 Å². The minimum atomic E-state index is -2.31. The summed E-state index contributed by atoms with van der Waals surface area (Å²) in [6.45, 7) is 7.98. The molecule has 202 valence electrons. The third-order valence-electron chi connectivity index (χ3n) is 8.78. The molecule has 2 aliphatic heterocycles. The zero-order valence-corrected chi connectivity index (χ0v) is 27.3. The monoisotopic (exact) mass is 643 g/mol. The van der Waals surface area contributed by atoms with Crippen molar-refractivity contribution in [1.82, 2.24) is 4.90 Å². The second kappa shape index (κ2) is 14.8. The Morgan fingerprint density at radius 1 is 1.03 bits per heavy atom. The Balaban J connectivity index is 1.81. The van der Waals surface area contributed by atoms with E-state index in [-0.39, 0.29) is 23.8 Å². The summed E-state index contributed by atoms with van der Waals surface area (Å²) in [6, 6.07) is 6.60. The molecule has 1 aromatic rings. The predicted octanol–water partition coefficient (Wildman–Crippen LogP) is 9.05. The van der Waals surface area contributed by atoms with Crippen molar-refractivity contribution in [3.8, 4) is 0 Å². The minimum absolute atomic E-state index is 0.0900. The van der Waals surface area contributed by atoms with Gasteiger partial charge in [0.1, 0.15) is 0 Å². The summed E-state index contributed by atoms with van der Waals surface area (Å²) in [4.78, 5) is 15.7. The van der Waals surface area contributed by atoms with Gasteiger partial charge in [0.25, 0.3) is 0 Å². The van der Waals surface area contributed by atoms with Crippen LogP contribution < -0.4 is 0 Å². The molecule has 2 bridgehead atoms. The number of halogens is 2. The van der Waals surface area contributed by atoms with Crippen LogP contribution in [0, 0.1) is 5.92 Å². The maximum atomic E-state index is 13.1. The summed E-state index contributed by atoms with van der Waals surface area (Å²) in [5.74, 6) is -0.123. The fourth-order valence-corrected chi connectivity index (χ4v) is 21.4. The number of hydrogen-bond donors (Lipinski definition) is 0. The second-order valence-electron chi connectivity index (χ2n) is 11.1. The Hall–Kier alpha value is -0.231. The number of hydrogen-bond acceptors (Lipinski definition) is 3. The Morgan fingerprint density at radius 2 is 1.67 bits per heavy atom. The van der Waals surface area contributed by atoms with E-state index in [1.165, 1.54) is 58.9 Å². The van der Waals surface area contributed by atoms with Gasteiger partial charge in [0.05, 0.1) is 0 Å². The SMILES string of the molecule is CCC[CH2][Sn](/[CH]=C/CN1[C@H]2CC[C@@H]1[C@@H](C(=O)OC)[C@@H](c1ccc(Cl)c(Cl)c1)C2)([CH2]CCC)[CH2]CCC. The van der Waals surface area contributed by atoms with Crippen LogP contribution in [0.2, 0.25) is 23.4 Å². The molecule has 0 aliphatic carbocycles. The first-order valence-corrected chi connectivity index (χ1v) is 22.8. The van der Waals surface area contributed by atoms with Crippen molar-refractivity contribution in [2.75, 3.05) is 13.7 Å². The number of benzene rings is 1. The average molecular weight is 643 g/mol. The molecule has 6 heteroatoms. The Morgan fingerprint density at radius 3 is 2.22 bits per heavy atom. The Bertz CT molecular complexity index is 855. The normalized spacial score (nSPS) is 24.5. The van der Waals surface area contributed by atoms with Gasteiger partial charge in [0.15, 0.2) is 0 Å². The molecule has 0 spiro atoms. The predicted molar refractivity (Wildman–Crippen MR) is 157 cm³/mol. The van der Waals surface area contributed by atoms with Crippen LogP contribution in [-0.2, 0) is 9.53 Å². The van der Waals surface area contributed by atoms with Gasteiger partial charge in [-0.25, -0.2) is 0 Å². The molecule has 0 unspecified atom stereocenters. The number of nitrogens with zero attached hydrogens (tertiary/aromatic N) is 1. The third-order valence-corrected chi connectivity index (χ3v) is 23.8. The molecule has 0 saturated carbocycles. The summed E-state index contributed by atoms with van der Waals surface area (Å²) in [6.07, 6.45) is 13.8. The molecule has 2 aliphatic rings. The molecule has 1 aromatic carbocycles. The van der Waals surface area contributed by atoms with E-state index in [0.717, 1.165) is 31.4 Å². The number of piperidine rings is 1. The van der Waals surface area contributed by atoms with Crippen molar-refractivity contribution in [3.63, 3.8) is 0 Å². The van der Waals surface area contributed by atoms with Crippen molar-refractivity contribution in [3.05, 3.63) is 44.0 Å². The summed E-state index contributed by atoms with van der Waals surface area (Å²) in [5, 5.41) is 1.12. The molecule has 0 N–H and O–H groups in total. The van der Waals surface area contributed by atoms with Gasteiger partial charge in [-0.15, -0.1) is 0 Å². The fourth-order valence-electron chi connectivity index (χ4n) is 6.78. The van der Waals surface area contributed by atoms with Gasteiger partial charge in [-0.05, 0) is 0 Å². The van der Waals surface area contributed by atoms with Gasteiger partial charge in [-0.3, -0.25) is 0 Å². The third kappa shape index (κ3) is 7.45. The summed E-state index contributed by atoms with van der Waals surface area (Å²) < 4.78 is 12.6. The summed E-state index contributed by atoms with van der Waals surface area (Å²) in [7, 11) is 1.53. The van der Waals surface area contributed by atoms with Crippen molar-refractivity contribution in [2.45, 2.75) is 110 Å². The van der Waals surface area contributed by atoms with Crippen LogP contribution in [0.1, 0.15) is 90.0 Å². The molecular formula is C30H47Cl2NO2Sn. The van der Waals surface area contributed by atoms with Gasteiger partial charge >= 0.3 is 235 Å². The van der Waals surface area contributed by atoms with Crippen LogP contribution in [0.4, 0.5) is 0 Å². The molecule has 2 heterocycles. The quantitative estimate of drug-likeness (QED) is 0.150. The Kier molecular flexibility index (Phi) is 12.5. The summed E-state index contributed by atoms with van der Waals surface area (Å²) >= 11 is 10.3. The van der Waals surface area contributed by atoms with Gasteiger partial charge < -0.3 is 0 Å². The standard InChI is InChI=1S/C18H20Cl2NO2.3C4H9.Sn/c1-3-8-21-12-5-7-16(21)17(18(22)23-2)13(10-12)11-4-6-14(19)15(20)9-11;3*1-3-4-2;/h1,3-4,6,9,12-13,16-17H,5,7-8,10H2,2H3;3*1,3-4H2,2H3;/t12-,13+,16+,17-;;;;/m0..../s1. The van der Waals surface area contributed by atoms with Crippen LogP contribution in [0.15, 0.2) is 28.4 Å². The zero-order chi connectivity index (χ0) is 26.1. The zero-order valence-electron chi connectivity index (χ0n) is 22.9. The van der Waals surface area contributed by atoms with Crippen LogP contribution in [-0.4, -0.2) is 55.0 Å². The van der Waals surface area contributed by atoms with Crippen molar-refractivity contribution < 1.29 is 9.53 Å². The number of methoxy groups -OCH3 is 1. The van der Waals surface area contributed by atoms with Gasteiger partial charge in [0, 0.05) is 0 Å². The number of unbranched alkanes of at least 4 members (excludes halogenated alkanes) is 3. The van der Waals surface area contributed by atoms with Gasteiger partial charge in [0.2, 0.25) is 0 Å². The van der Waals surface area contributed by atoms with E-state index in [4.69, 9.17) is 27.9 Å². The fraction of sp³-hybridized carbons (Fsp3) is 0.700.